The van der Waals surface area contributed by atoms with Crippen molar-refractivity contribution in [1.29, 1.82) is 0 Å². The molecule has 1 aromatic carbocycles. The van der Waals surface area contributed by atoms with Crippen LogP contribution in [-0.2, 0) is 25.7 Å². The first-order chi connectivity index (χ1) is 16.8. The lowest BCUT2D eigenvalue weighted by Crippen LogP contribution is -2.58. The number of rotatable bonds is 11. The summed E-state index contributed by atoms with van der Waals surface area (Å²) in [4.78, 5) is 42.4. The van der Waals surface area contributed by atoms with E-state index in [1.807, 2.05) is 44.2 Å². The average Bonchev–Trinajstić information content (AvgIpc) is 3.49. The molecule has 6 atom stereocenters. The molecule has 1 aromatic rings. The predicted molar refractivity (Wildman–Crippen MR) is 131 cm³/mol. The Hall–Kier alpha value is -2.45. The molecule has 8 heteroatoms. The standard InChI is InChI=1S/C27H39N3O5/c1-4-5-13-28-25(33)23-27-12-11-20(35-27)21(24(32)29-15-18-9-7-6-8-10-18)22(27)26(34)30(23)19(16-31)14-17(2)3/h6-10,17,19-23,31H,4-5,11-16H2,1-3H3,(H,28,33)(H,29,32)/t19-,20-,21+,22+,23?,27?/m1/s1. The largest absolute Gasteiger partial charge is 0.394 e. The summed E-state index contributed by atoms with van der Waals surface area (Å²) in [5.41, 5.74) is -0.0542. The maximum absolute atomic E-state index is 14.0. The van der Waals surface area contributed by atoms with Crippen LogP contribution >= 0.6 is 0 Å². The summed E-state index contributed by atoms with van der Waals surface area (Å²) in [5.74, 6) is -1.85. The van der Waals surface area contributed by atoms with E-state index in [0.717, 1.165) is 18.4 Å². The summed E-state index contributed by atoms with van der Waals surface area (Å²) in [6, 6.07) is 8.30. The Kier molecular flexibility index (Phi) is 7.81. The smallest absolute Gasteiger partial charge is 0.245 e. The lowest BCUT2D eigenvalue weighted by Gasteiger charge is -2.37. The van der Waals surface area contributed by atoms with Crippen LogP contribution in [0.3, 0.4) is 0 Å². The number of nitrogens with zero attached hydrogens (tertiary/aromatic N) is 1. The Morgan fingerprint density at radius 3 is 2.60 bits per heavy atom. The maximum Gasteiger partial charge on any atom is 0.245 e. The lowest BCUT2D eigenvalue weighted by atomic mass is 9.70. The number of aliphatic hydroxyl groups excluding tert-OH is 1. The van der Waals surface area contributed by atoms with E-state index in [1.54, 1.807) is 4.90 Å². The van der Waals surface area contributed by atoms with Crippen LogP contribution in [0.5, 0.6) is 0 Å². The van der Waals surface area contributed by atoms with Crippen LogP contribution < -0.4 is 10.6 Å². The molecule has 2 bridgehead atoms. The third kappa shape index (κ3) is 4.70. The minimum Gasteiger partial charge on any atom is -0.394 e. The summed E-state index contributed by atoms with van der Waals surface area (Å²) in [5, 5.41) is 16.2. The number of unbranched alkanes of at least 4 members (excludes halogenated alkanes) is 1. The van der Waals surface area contributed by atoms with E-state index in [9.17, 15) is 19.5 Å². The number of ether oxygens (including phenoxy) is 1. The molecule has 3 aliphatic heterocycles. The van der Waals surface area contributed by atoms with Crippen molar-refractivity contribution >= 4 is 17.7 Å². The summed E-state index contributed by atoms with van der Waals surface area (Å²) in [7, 11) is 0. The van der Waals surface area contributed by atoms with Crippen molar-refractivity contribution in [3.8, 4) is 0 Å². The number of nitrogens with one attached hydrogen (secondary N) is 2. The fourth-order valence-corrected chi connectivity index (χ4v) is 6.29. The van der Waals surface area contributed by atoms with Gasteiger partial charge in [-0.3, -0.25) is 14.4 Å². The van der Waals surface area contributed by atoms with E-state index in [2.05, 4.69) is 17.6 Å². The number of likely N-dealkylation sites (tertiary alicyclic amines) is 1. The Morgan fingerprint density at radius 1 is 1.20 bits per heavy atom. The van der Waals surface area contributed by atoms with Gasteiger partial charge in [-0.05, 0) is 37.2 Å². The molecule has 2 unspecified atom stereocenters. The van der Waals surface area contributed by atoms with Crippen molar-refractivity contribution < 1.29 is 24.2 Å². The number of benzene rings is 1. The minimum absolute atomic E-state index is 0.213. The monoisotopic (exact) mass is 485 g/mol. The van der Waals surface area contributed by atoms with Crippen LogP contribution in [0.1, 0.15) is 58.4 Å². The molecule has 0 aliphatic carbocycles. The first kappa shape index (κ1) is 25.6. The molecule has 4 rings (SSSR count). The zero-order valence-corrected chi connectivity index (χ0v) is 21.0. The van der Waals surface area contributed by atoms with Gasteiger partial charge < -0.3 is 25.4 Å². The maximum atomic E-state index is 14.0. The number of hydrogen-bond acceptors (Lipinski definition) is 5. The highest BCUT2D eigenvalue weighted by Crippen LogP contribution is 2.58. The van der Waals surface area contributed by atoms with Crippen LogP contribution in [0.15, 0.2) is 30.3 Å². The SMILES string of the molecule is CCCCNC(=O)C1N([C@@H](CO)CC(C)C)C(=O)[C@@H]2[C@@H](C(=O)NCc3ccccc3)[C@H]3CCC12O3. The van der Waals surface area contributed by atoms with E-state index in [4.69, 9.17) is 4.74 Å². The summed E-state index contributed by atoms with van der Waals surface area (Å²) < 4.78 is 6.44. The van der Waals surface area contributed by atoms with Gasteiger partial charge in [0.1, 0.15) is 11.6 Å². The summed E-state index contributed by atoms with van der Waals surface area (Å²) in [6.45, 7) is 6.76. The second kappa shape index (κ2) is 10.7. The van der Waals surface area contributed by atoms with Crippen molar-refractivity contribution in [1.82, 2.24) is 15.5 Å². The number of amides is 3. The normalized spacial score (nSPS) is 30.0. The molecular weight excluding hydrogens is 446 g/mol. The molecule has 1 spiro atoms. The zero-order chi connectivity index (χ0) is 25.2. The second-order valence-corrected chi connectivity index (χ2v) is 10.6. The Morgan fingerprint density at radius 2 is 1.94 bits per heavy atom. The van der Waals surface area contributed by atoms with Crippen LogP contribution in [0.4, 0.5) is 0 Å². The number of aliphatic hydroxyl groups is 1. The third-order valence-electron chi connectivity index (χ3n) is 7.78. The minimum atomic E-state index is -1.03. The van der Waals surface area contributed by atoms with Crippen LogP contribution in [-0.4, -0.2) is 64.7 Å². The fraction of sp³-hybridized carbons (Fsp3) is 0.667. The van der Waals surface area contributed by atoms with E-state index < -0.39 is 29.5 Å². The van der Waals surface area contributed by atoms with Crippen molar-refractivity contribution in [3.05, 3.63) is 35.9 Å². The molecule has 3 aliphatic rings. The summed E-state index contributed by atoms with van der Waals surface area (Å²) in [6.07, 6.45) is 3.15. The van der Waals surface area contributed by atoms with Crippen molar-refractivity contribution in [2.45, 2.75) is 83.2 Å². The molecule has 192 valence electrons. The highest BCUT2D eigenvalue weighted by molar-refractivity contribution is 5.99. The molecule has 0 aromatic heterocycles. The Balaban J connectivity index is 1.62. The van der Waals surface area contributed by atoms with Gasteiger partial charge >= 0.3 is 0 Å². The van der Waals surface area contributed by atoms with E-state index in [0.29, 0.717) is 32.4 Å². The Labute approximate surface area is 207 Å². The zero-order valence-electron chi connectivity index (χ0n) is 21.0. The molecule has 8 nitrogen and oxygen atoms in total. The van der Waals surface area contributed by atoms with Crippen molar-refractivity contribution in [2.75, 3.05) is 13.2 Å². The van der Waals surface area contributed by atoms with E-state index >= 15 is 0 Å². The average molecular weight is 486 g/mol. The van der Waals surface area contributed by atoms with Crippen LogP contribution in [0.25, 0.3) is 0 Å². The predicted octanol–water partition coefficient (Wildman–Crippen LogP) is 2.00. The molecule has 3 saturated heterocycles. The van der Waals surface area contributed by atoms with Gasteiger partial charge in [-0.1, -0.05) is 57.5 Å². The van der Waals surface area contributed by atoms with Gasteiger partial charge in [0.2, 0.25) is 17.7 Å². The van der Waals surface area contributed by atoms with Crippen LogP contribution in [0.2, 0.25) is 0 Å². The number of fused-ring (bicyclic) bond motifs is 1. The Bertz CT molecular complexity index is 923. The number of carbonyl (C=O) groups excluding carboxylic acids is 3. The first-order valence-corrected chi connectivity index (χ1v) is 13.0. The summed E-state index contributed by atoms with van der Waals surface area (Å²) >= 11 is 0. The van der Waals surface area contributed by atoms with Gasteiger partial charge in [0.25, 0.3) is 0 Å². The van der Waals surface area contributed by atoms with Gasteiger partial charge in [0, 0.05) is 13.1 Å². The highest BCUT2D eigenvalue weighted by Gasteiger charge is 2.75. The molecule has 0 saturated carbocycles. The molecular formula is C27H39N3O5. The van der Waals surface area contributed by atoms with Crippen molar-refractivity contribution in [2.24, 2.45) is 17.8 Å². The highest BCUT2D eigenvalue weighted by atomic mass is 16.5. The molecule has 35 heavy (non-hydrogen) atoms. The lowest BCUT2D eigenvalue weighted by molar-refractivity contribution is -0.146. The first-order valence-electron chi connectivity index (χ1n) is 13.0. The topological polar surface area (TPSA) is 108 Å². The van der Waals surface area contributed by atoms with E-state index in [-0.39, 0.29) is 36.4 Å². The van der Waals surface area contributed by atoms with Gasteiger partial charge in [-0.15, -0.1) is 0 Å². The van der Waals surface area contributed by atoms with Gasteiger partial charge in [-0.25, -0.2) is 0 Å². The molecule has 3 amide bonds. The second-order valence-electron chi connectivity index (χ2n) is 10.6. The fourth-order valence-electron chi connectivity index (χ4n) is 6.29. The number of carbonyl (C=O) groups is 3. The van der Waals surface area contributed by atoms with Crippen LogP contribution in [0, 0.1) is 17.8 Å². The van der Waals surface area contributed by atoms with Crippen molar-refractivity contribution in [3.63, 3.8) is 0 Å². The van der Waals surface area contributed by atoms with Gasteiger partial charge in [0.15, 0.2) is 0 Å². The van der Waals surface area contributed by atoms with Gasteiger partial charge in [-0.2, -0.15) is 0 Å². The molecule has 3 heterocycles. The number of hydrogen-bond donors (Lipinski definition) is 3. The third-order valence-corrected chi connectivity index (χ3v) is 7.78. The molecule has 3 fully saturated rings. The van der Waals surface area contributed by atoms with E-state index in [1.165, 1.54) is 0 Å². The van der Waals surface area contributed by atoms with Gasteiger partial charge in [0.05, 0.1) is 30.6 Å². The molecule has 3 N–H and O–H groups in total. The molecule has 0 radical (unpaired) electrons. The quantitative estimate of drug-likeness (QED) is 0.416.